The van der Waals surface area contributed by atoms with Gasteiger partial charge >= 0.3 is 0 Å². The van der Waals surface area contributed by atoms with Gasteiger partial charge in [-0.25, -0.2) is 9.67 Å². The fourth-order valence-electron chi connectivity index (χ4n) is 5.11. The number of thiazole rings is 1. The molecule has 1 aliphatic heterocycles. The Morgan fingerprint density at radius 1 is 1.03 bits per heavy atom. The van der Waals surface area contributed by atoms with Crippen molar-refractivity contribution in [3.8, 4) is 0 Å². The summed E-state index contributed by atoms with van der Waals surface area (Å²) in [4.78, 5) is 26.2. The summed E-state index contributed by atoms with van der Waals surface area (Å²) >= 11 is 1.72. The number of nitrogens with zero attached hydrogens (tertiary/aromatic N) is 7. The number of nitrogens with one attached hydrogen (secondary N) is 1. The number of hydrogen-bond donors (Lipinski definition) is 1. The zero-order chi connectivity index (χ0) is 25.7. The highest BCUT2D eigenvalue weighted by atomic mass is 32.1. The molecule has 10 heteroatoms. The van der Waals surface area contributed by atoms with Crippen LogP contribution in [0.3, 0.4) is 0 Å². The lowest BCUT2D eigenvalue weighted by atomic mass is 10.0. The molecule has 1 N–H and O–H groups in total. The number of H-pyrrole nitrogens is 1. The number of aryl methyl sites for hydroxylation is 1. The number of tetrazole rings is 1. The molecule has 4 heterocycles. The molecule has 0 radical (unpaired) electrons. The van der Waals surface area contributed by atoms with Crippen LogP contribution in [0.15, 0.2) is 53.3 Å². The first kappa shape index (κ1) is 23.7. The average Bonchev–Trinajstić information content (AvgIpc) is 3.53. The molecule has 0 bridgehead atoms. The Hall–Kier alpha value is -3.63. The molecule has 37 heavy (non-hydrogen) atoms. The topological polar surface area (TPSA) is 95.8 Å². The smallest absolute Gasteiger partial charge is 0.253 e. The monoisotopic (exact) mass is 514 g/mol. The van der Waals surface area contributed by atoms with E-state index < -0.39 is 0 Å². The fourth-order valence-corrected chi connectivity index (χ4v) is 6.13. The van der Waals surface area contributed by atoms with Crippen LogP contribution in [-0.4, -0.2) is 61.3 Å². The third kappa shape index (κ3) is 4.30. The van der Waals surface area contributed by atoms with Gasteiger partial charge in [-0.1, -0.05) is 41.7 Å². The van der Waals surface area contributed by atoms with Gasteiger partial charge in [0.25, 0.3) is 5.56 Å². The van der Waals surface area contributed by atoms with E-state index in [4.69, 9.17) is 4.98 Å². The number of hydrogen-bond acceptors (Lipinski definition) is 8. The Kier molecular flexibility index (Phi) is 5.80. The number of para-hydroxylation sites is 2. The first-order chi connectivity index (χ1) is 17.8. The zero-order valence-electron chi connectivity index (χ0n) is 21.5. The maximum Gasteiger partial charge on any atom is 0.253 e. The highest BCUT2D eigenvalue weighted by Gasteiger charge is 2.35. The van der Waals surface area contributed by atoms with E-state index in [9.17, 15) is 4.79 Å². The van der Waals surface area contributed by atoms with E-state index >= 15 is 0 Å². The number of benzene rings is 2. The summed E-state index contributed by atoms with van der Waals surface area (Å²) in [6, 6.07) is 15.9. The van der Waals surface area contributed by atoms with Crippen LogP contribution in [0.2, 0.25) is 0 Å². The molecule has 1 fully saturated rings. The van der Waals surface area contributed by atoms with Gasteiger partial charge in [0.05, 0.1) is 21.3 Å². The van der Waals surface area contributed by atoms with Crippen LogP contribution in [0, 0.1) is 6.92 Å². The van der Waals surface area contributed by atoms with Gasteiger partial charge in [-0.05, 0) is 67.3 Å². The maximum absolute atomic E-state index is 13.5. The predicted octanol–water partition coefficient (Wildman–Crippen LogP) is 4.10. The van der Waals surface area contributed by atoms with Gasteiger partial charge in [0, 0.05) is 31.7 Å². The van der Waals surface area contributed by atoms with E-state index in [1.165, 1.54) is 4.70 Å². The van der Waals surface area contributed by atoms with E-state index in [0.717, 1.165) is 53.3 Å². The lowest BCUT2D eigenvalue weighted by molar-refractivity contribution is 0.190. The number of aromatic nitrogens is 6. The second-order valence-electron chi connectivity index (χ2n) is 10.6. The van der Waals surface area contributed by atoms with Gasteiger partial charge < -0.3 is 9.88 Å². The molecule has 1 saturated heterocycles. The van der Waals surface area contributed by atoms with E-state index in [1.807, 2.05) is 41.9 Å². The van der Waals surface area contributed by atoms with Crippen molar-refractivity contribution in [2.45, 2.75) is 39.3 Å². The number of rotatable bonds is 4. The molecular formula is C27H30N8OS. The molecular weight excluding hydrogens is 484 g/mol. The normalized spacial score (nSPS) is 16.1. The Morgan fingerprint density at radius 2 is 1.81 bits per heavy atom. The molecule has 0 aliphatic carbocycles. The summed E-state index contributed by atoms with van der Waals surface area (Å²) in [6.45, 7) is 11.3. The van der Waals surface area contributed by atoms with Crippen molar-refractivity contribution in [1.82, 2.24) is 35.1 Å². The van der Waals surface area contributed by atoms with Gasteiger partial charge in [-0.15, -0.1) is 5.10 Å². The molecule has 1 aliphatic rings. The number of aromatic amines is 1. The molecule has 3 aromatic heterocycles. The first-order valence-corrected chi connectivity index (χ1v) is 13.4. The van der Waals surface area contributed by atoms with Crippen molar-refractivity contribution in [3.05, 3.63) is 75.8 Å². The van der Waals surface area contributed by atoms with Crippen LogP contribution in [0.25, 0.3) is 21.1 Å². The minimum absolute atomic E-state index is 0.108. The Balaban J connectivity index is 1.38. The second kappa shape index (κ2) is 9.04. The van der Waals surface area contributed by atoms with Gasteiger partial charge in [0.15, 0.2) is 11.0 Å². The van der Waals surface area contributed by atoms with Crippen LogP contribution in [0.1, 0.15) is 43.8 Å². The van der Waals surface area contributed by atoms with Gasteiger partial charge in [-0.3, -0.25) is 9.69 Å². The summed E-state index contributed by atoms with van der Waals surface area (Å²) in [5.41, 5.74) is 3.16. The van der Waals surface area contributed by atoms with Crippen LogP contribution < -0.4 is 10.5 Å². The Labute approximate surface area is 218 Å². The largest absolute Gasteiger partial charge is 0.345 e. The van der Waals surface area contributed by atoms with Crippen LogP contribution in [-0.2, 0) is 5.54 Å². The molecule has 2 aromatic carbocycles. The standard InChI is InChI=1S/C27H30N8OS/c1-17-8-7-9-18-16-19(25(36)29-22(17)18)23(24-30-31-32-35(24)27(2,3)4)33-12-14-34(15-13-33)26-28-20-10-5-6-11-21(20)37-26/h5-11,16,23H,12-15H2,1-4H3,(H,29,36)/t23-/m0/s1. The molecule has 9 nitrogen and oxygen atoms in total. The van der Waals surface area contributed by atoms with Crippen LogP contribution in [0.4, 0.5) is 5.13 Å². The number of anilines is 1. The lowest BCUT2D eigenvalue weighted by Gasteiger charge is -2.39. The van der Waals surface area contributed by atoms with Gasteiger partial charge in [0.1, 0.15) is 6.04 Å². The van der Waals surface area contributed by atoms with Gasteiger partial charge in [-0.2, -0.15) is 0 Å². The summed E-state index contributed by atoms with van der Waals surface area (Å²) in [7, 11) is 0. The summed E-state index contributed by atoms with van der Waals surface area (Å²) in [5, 5.41) is 14.9. The number of fused-ring (bicyclic) bond motifs is 2. The summed E-state index contributed by atoms with van der Waals surface area (Å²) in [6.07, 6.45) is 0. The molecule has 0 unspecified atom stereocenters. The number of piperazine rings is 1. The molecule has 190 valence electrons. The summed E-state index contributed by atoms with van der Waals surface area (Å²) in [5.74, 6) is 0.679. The fraction of sp³-hybridized carbons (Fsp3) is 0.370. The third-order valence-corrected chi connectivity index (χ3v) is 8.11. The van der Waals surface area contributed by atoms with Crippen molar-refractivity contribution in [2.24, 2.45) is 0 Å². The molecule has 6 rings (SSSR count). The molecule has 5 aromatic rings. The molecule has 0 amide bonds. The quantitative estimate of drug-likeness (QED) is 0.386. The number of pyridine rings is 1. The Morgan fingerprint density at radius 3 is 2.57 bits per heavy atom. The van der Waals surface area contributed by atoms with E-state index in [0.29, 0.717) is 11.4 Å². The SMILES string of the molecule is Cc1cccc2cc([C@@H](c3nnnn3C(C)(C)C)N3CCN(c4nc5ccccc5s4)CC3)c(=O)[nH]c12. The average molecular weight is 515 g/mol. The highest BCUT2D eigenvalue weighted by Crippen LogP contribution is 2.33. The van der Waals surface area contributed by atoms with Crippen molar-refractivity contribution >= 4 is 37.6 Å². The van der Waals surface area contributed by atoms with E-state index in [-0.39, 0.29) is 17.1 Å². The minimum atomic E-state index is -0.375. The maximum atomic E-state index is 13.5. The molecule has 0 saturated carbocycles. The van der Waals surface area contributed by atoms with Crippen molar-refractivity contribution in [1.29, 1.82) is 0 Å². The van der Waals surface area contributed by atoms with Gasteiger partial charge in [0.2, 0.25) is 0 Å². The first-order valence-electron chi connectivity index (χ1n) is 12.6. The molecule has 1 atom stereocenters. The van der Waals surface area contributed by atoms with Crippen LogP contribution >= 0.6 is 11.3 Å². The Bertz CT molecular complexity index is 1600. The van der Waals surface area contributed by atoms with E-state index in [2.05, 4.69) is 69.3 Å². The summed E-state index contributed by atoms with van der Waals surface area (Å²) < 4.78 is 3.04. The van der Waals surface area contributed by atoms with Crippen molar-refractivity contribution < 1.29 is 0 Å². The predicted molar refractivity (Wildman–Crippen MR) is 147 cm³/mol. The second-order valence-corrected chi connectivity index (χ2v) is 11.6. The highest BCUT2D eigenvalue weighted by molar-refractivity contribution is 7.22. The molecule has 0 spiro atoms. The zero-order valence-corrected chi connectivity index (χ0v) is 22.3. The van der Waals surface area contributed by atoms with Crippen LogP contribution in [0.5, 0.6) is 0 Å². The van der Waals surface area contributed by atoms with Crippen molar-refractivity contribution in [3.63, 3.8) is 0 Å². The van der Waals surface area contributed by atoms with E-state index in [1.54, 1.807) is 11.3 Å². The minimum Gasteiger partial charge on any atom is -0.345 e. The van der Waals surface area contributed by atoms with Crippen molar-refractivity contribution in [2.75, 3.05) is 31.1 Å². The third-order valence-electron chi connectivity index (χ3n) is 7.02. The lowest BCUT2D eigenvalue weighted by Crippen LogP contribution is -2.49.